The maximum atomic E-state index is 9.39. The molecule has 78 valence electrons. The first-order valence-electron chi connectivity index (χ1n) is 4.30. The lowest BCUT2D eigenvalue weighted by Gasteiger charge is -2.15. The Labute approximate surface area is 87.6 Å². The number of hydrogen-bond donors (Lipinski definition) is 3. The zero-order valence-corrected chi connectivity index (χ0v) is 8.84. The van der Waals surface area contributed by atoms with Crippen LogP contribution in [0.4, 0.5) is 0 Å². The molecule has 0 radical (unpaired) electrons. The van der Waals surface area contributed by atoms with Crippen LogP contribution in [0.15, 0.2) is 6.07 Å². The van der Waals surface area contributed by atoms with E-state index in [2.05, 4.69) is 0 Å². The molecule has 1 rings (SSSR count). The summed E-state index contributed by atoms with van der Waals surface area (Å²) in [6, 6.07) is 1.43. The Balaban J connectivity index is 3.36. The zero-order valence-electron chi connectivity index (χ0n) is 8.08. The van der Waals surface area contributed by atoms with Gasteiger partial charge in [-0.1, -0.05) is 18.5 Å². The molecule has 0 fully saturated rings. The number of aliphatic hydroxyl groups is 1. The lowest BCUT2D eigenvalue weighted by molar-refractivity contribution is 0.272. The van der Waals surface area contributed by atoms with Crippen molar-refractivity contribution in [3.63, 3.8) is 0 Å². The first-order chi connectivity index (χ1) is 6.49. The topological polar surface area (TPSA) is 60.7 Å². The fourth-order valence-corrected chi connectivity index (χ4v) is 1.89. The van der Waals surface area contributed by atoms with Crippen LogP contribution in [-0.2, 0) is 0 Å². The molecule has 0 aliphatic carbocycles. The van der Waals surface area contributed by atoms with Crippen molar-refractivity contribution in [2.45, 2.75) is 19.8 Å². The van der Waals surface area contributed by atoms with Gasteiger partial charge in [0, 0.05) is 12.5 Å². The van der Waals surface area contributed by atoms with Gasteiger partial charge >= 0.3 is 0 Å². The van der Waals surface area contributed by atoms with Gasteiger partial charge in [0.05, 0.1) is 5.02 Å². The van der Waals surface area contributed by atoms with Gasteiger partial charge in [-0.25, -0.2) is 0 Å². The predicted molar refractivity (Wildman–Crippen MR) is 55.0 cm³/mol. The average molecular weight is 217 g/mol. The third kappa shape index (κ3) is 1.79. The second kappa shape index (κ2) is 4.07. The monoisotopic (exact) mass is 216 g/mol. The van der Waals surface area contributed by atoms with E-state index >= 15 is 0 Å². The number of aromatic hydroxyl groups is 2. The normalized spacial score (nSPS) is 12.9. The minimum atomic E-state index is -0.326. The summed E-state index contributed by atoms with van der Waals surface area (Å²) in [5.74, 6) is -0.719. The summed E-state index contributed by atoms with van der Waals surface area (Å²) < 4.78 is 0. The minimum Gasteiger partial charge on any atom is -0.504 e. The second-order valence-corrected chi connectivity index (χ2v) is 3.75. The largest absolute Gasteiger partial charge is 0.504 e. The van der Waals surface area contributed by atoms with Gasteiger partial charge in [0.15, 0.2) is 11.5 Å². The van der Waals surface area contributed by atoms with E-state index in [9.17, 15) is 10.2 Å². The van der Waals surface area contributed by atoms with E-state index in [-0.39, 0.29) is 29.0 Å². The Morgan fingerprint density at radius 3 is 2.50 bits per heavy atom. The highest BCUT2D eigenvalue weighted by atomic mass is 35.5. The highest BCUT2D eigenvalue weighted by Gasteiger charge is 2.17. The SMILES string of the molecule is Cc1cc(O)c(O)c(Cl)c1C(C)CO. The Morgan fingerprint density at radius 2 is 2.00 bits per heavy atom. The van der Waals surface area contributed by atoms with Crippen LogP contribution < -0.4 is 0 Å². The van der Waals surface area contributed by atoms with E-state index in [4.69, 9.17) is 16.7 Å². The van der Waals surface area contributed by atoms with Crippen LogP contribution in [-0.4, -0.2) is 21.9 Å². The fraction of sp³-hybridized carbons (Fsp3) is 0.400. The maximum absolute atomic E-state index is 9.39. The molecule has 4 heteroatoms. The number of phenolic OH excluding ortho intramolecular Hbond substituents is 2. The number of halogens is 1. The molecule has 1 atom stereocenters. The maximum Gasteiger partial charge on any atom is 0.176 e. The van der Waals surface area contributed by atoms with Crippen molar-refractivity contribution in [3.05, 3.63) is 22.2 Å². The first-order valence-corrected chi connectivity index (χ1v) is 4.68. The van der Waals surface area contributed by atoms with Crippen molar-refractivity contribution in [1.82, 2.24) is 0 Å². The number of hydrogen-bond acceptors (Lipinski definition) is 3. The summed E-state index contributed by atoms with van der Waals surface area (Å²) in [5, 5.41) is 27.8. The molecule has 3 N–H and O–H groups in total. The zero-order chi connectivity index (χ0) is 10.9. The van der Waals surface area contributed by atoms with Crippen LogP contribution in [0.5, 0.6) is 11.5 Å². The smallest absolute Gasteiger partial charge is 0.176 e. The van der Waals surface area contributed by atoms with Gasteiger partial charge in [0.1, 0.15) is 0 Å². The summed E-state index contributed by atoms with van der Waals surface area (Å²) in [6.07, 6.45) is 0. The minimum absolute atomic E-state index is 0.0508. The highest BCUT2D eigenvalue weighted by molar-refractivity contribution is 6.33. The summed E-state index contributed by atoms with van der Waals surface area (Å²) in [7, 11) is 0. The van der Waals surface area contributed by atoms with Gasteiger partial charge in [0.25, 0.3) is 0 Å². The fourth-order valence-electron chi connectivity index (χ4n) is 1.46. The highest BCUT2D eigenvalue weighted by Crippen LogP contribution is 2.40. The third-order valence-electron chi connectivity index (χ3n) is 2.23. The number of phenols is 2. The van der Waals surface area contributed by atoms with Crippen LogP contribution in [0.25, 0.3) is 0 Å². The molecule has 0 heterocycles. The summed E-state index contributed by atoms with van der Waals surface area (Å²) in [5.41, 5.74) is 1.43. The molecule has 0 bridgehead atoms. The van der Waals surface area contributed by atoms with Crippen LogP contribution in [0.2, 0.25) is 5.02 Å². The van der Waals surface area contributed by atoms with Crippen molar-refractivity contribution in [2.75, 3.05) is 6.61 Å². The molecule has 1 aromatic carbocycles. The Bertz CT molecular complexity index is 350. The Morgan fingerprint density at radius 1 is 1.43 bits per heavy atom. The summed E-state index contributed by atoms with van der Waals surface area (Å²) in [4.78, 5) is 0. The van der Waals surface area contributed by atoms with Crippen molar-refractivity contribution in [3.8, 4) is 11.5 Å². The Hall–Kier alpha value is -0.930. The quantitative estimate of drug-likeness (QED) is 0.664. The number of rotatable bonds is 2. The molecule has 14 heavy (non-hydrogen) atoms. The number of aliphatic hydroxyl groups excluding tert-OH is 1. The standard InChI is InChI=1S/C10H13ClO3/c1-5-3-7(13)10(14)9(11)8(5)6(2)4-12/h3,6,12-14H,4H2,1-2H3. The van der Waals surface area contributed by atoms with Crippen molar-refractivity contribution < 1.29 is 15.3 Å². The van der Waals surface area contributed by atoms with E-state index in [1.165, 1.54) is 6.07 Å². The molecular weight excluding hydrogens is 204 g/mol. The Kier molecular flexibility index (Phi) is 3.24. The van der Waals surface area contributed by atoms with Crippen LogP contribution >= 0.6 is 11.6 Å². The molecule has 3 nitrogen and oxygen atoms in total. The molecule has 0 aliphatic heterocycles. The van der Waals surface area contributed by atoms with E-state index in [1.807, 2.05) is 0 Å². The van der Waals surface area contributed by atoms with E-state index in [0.29, 0.717) is 5.56 Å². The molecule has 0 aromatic heterocycles. The van der Waals surface area contributed by atoms with Crippen LogP contribution in [0.1, 0.15) is 24.0 Å². The summed E-state index contributed by atoms with van der Waals surface area (Å²) in [6.45, 7) is 3.52. The third-order valence-corrected chi connectivity index (χ3v) is 2.61. The molecule has 0 aliphatic rings. The lowest BCUT2D eigenvalue weighted by Crippen LogP contribution is -2.02. The van der Waals surface area contributed by atoms with E-state index in [0.717, 1.165) is 5.56 Å². The summed E-state index contributed by atoms with van der Waals surface area (Å²) >= 11 is 5.86. The van der Waals surface area contributed by atoms with Crippen LogP contribution in [0.3, 0.4) is 0 Å². The van der Waals surface area contributed by atoms with Crippen molar-refractivity contribution in [1.29, 1.82) is 0 Å². The van der Waals surface area contributed by atoms with Gasteiger partial charge in [-0.05, 0) is 24.1 Å². The molecule has 1 unspecified atom stereocenters. The molecular formula is C10H13ClO3. The predicted octanol–water partition coefficient (Wildman–Crippen LogP) is 2.16. The average Bonchev–Trinajstić information content (AvgIpc) is 2.14. The van der Waals surface area contributed by atoms with Gasteiger partial charge in [-0.3, -0.25) is 0 Å². The van der Waals surface area contributed by atoms with Gasteiger partial charge < -0.3 is 15.3 Å². The van der Waals surface area contributed by atoms with Gasteiger partial charge in [-0.2, -0.15) is 0 Å². The molecule has 1 aromatic rings. The van der Waals surface area contributed by atoms with E-state index in [1.54, 1.807) is 13.8 Å². The molecule has 0 spiro atoms. The lowest BCUT2D eigenvalue weighted by atomic mass is 9.96. The van der Waals surface area contributed by atoms with Crippen molar-refractivity contribution >= 4 is 11.6 Å². The number of benzene rings is 1. The first kappa shape index (κ1) is 11.1. The van der Waals surface area contributed by atoms with Crippen LogP contribution in [0, 0.1) is 6.92 Å². The number of aryl methyl sites for hydroxylation is 1. The van der Waals surface area contributed by atoms with Gasteiger partial charge in [0.2, 0.25) is 0 Å². The van der Waals surface area contributed by atoms with E-state index < -0.39 is 0 Å². The molecule has 0 amide bonds. The van der Waals surface area contributed by atoms with Crippen molar-refractivity contribution in [2.24, 2.45) is 0 Å². The van der Waals surface area contributed by atoms with Gasteiger partial charge in [-0.15, -0.1) is 0 Å². The molecule has 0 saturated carbocycles. The second-order valence-electron chi connectivity index (χ2n) is 3.37. The molecule has 0 saturated heterocycles.